The quantitative estimate of drug-likeness (QED) is 0.692. The van der Waals surface area contributed by atoms with Gasteiger partial charge in [-0.3, -0.25) is 0 Å². The van der Waals surface area contributed by atoms with Crippen LogP contribution < -0.4 is 5.73 Å². The van der Waals surface area contributed by atoms with Crippen LogP contribution in [0, 0.1) is 0 Å². The molecule has 3 heteroatoms. The third kappa shape index (κ3) is 1.85. The summed E-state index contributed by atoms with van der Waals surface area (Å²) in [5.74, 6) is 0. The van der Waals surface area contributed by atoms with Crippen molar-refractivity contribution in [3.05, 3.63) is 65.3 Å². The van der Waals surface area contributed by atoms with Crippen molar-refractivity contribution in [3.63, 3.8) is 0 Å². The molecule has 1 heterocycles. The highest BCUT2D eigenvalue weighted by Crippen LogP contribution is 2.24. The molecule has 0 saturated heterocycles. The highest BCUT2D eigenvalue weighted by atomic mass is 35.5. The van der Waals surface area contributed by atoms with Gasteiger partial charge in [0.2, 0.25) is 0 Å². The molecule has 18 heavy (non-hydrogen) atoms. The lowest BCUT2D eigenvalue weighted by atomic mass is 10.2. The fourth-order valence-electron chi connectivity index (χ4n) is 2.23. The largest absolute Gasteiger partial charge is 0.397 e. The number of nitrogens with two attached hydrogens (primary N) is 1. The molecule has 0 fully saturated rings. The average Bonchev–Trinajstić information content (AvgIpc) is 2.77. The number of fused-ring (bicyclic) bond motifs is 1. The van der Waals surface area contributed by atoms with Crippen molar-refractivity contribution in [2.75, 3.05) is 5.73 Å². The first-order valence-electron chi connectivity index (χ1n) is 5.82. The van der Waals surface area contributed by atoms with Gasteiger partial charge in [0.15, 0.2) is 0 Å². The first-order valence-corrected chi connectivity index (χ1v) is 6.20. The van der Waals surface area contributed by atoms with Crippen LogP contribution in [0.3, 0.4) is 0 Å². The highest BCUT2D eigenvalue weighted by molar-refractivity contribution is 6.31. The van der Waals surface area contributed by atoms with E-state index in [2.05, 4.69) is 16.7 Å². The number of nitrogens with zero attached hydrogens (tertiary/aromatic N) is 1. The molecular formula is C15H13ClN2. The Morgan fingerprint density at radius 1 is 1.00 bits per heavy atom. The lowest BCUT2D eigenvalue weighted by Gasteiger charge is -2.09. The third-order valence-electron chi connectivity index (χ3n) is 3.12. The van der Waals surface area contributed by atoms with Crippen molar-refractivity contribution < 1.29 is 0 Å². The zero-order valence-electron chi connectivity index (χ0n) is 9.81. The van der Waals surface area contributed by atoms with Gasteiger partial charge >= 0.3 is 0 Å². The number of hydrogen-bond donors (Lipinski definition) is 1. The molecule has 3 aromatic rings. The molecule has 2 nitrogen and oxygen atoms in total. The summed E-state index contributed by atoms with van der Waals surface area (Å²) in [4.78, 5) is 0. The molecule has 0 radical (unpaired) electrons. The number of halogens is 1. The Balaban J connectivity index is 2.09. The number of anilines is 1. The molecule has 0 aliphatic heterocycles. The van der Waals surface area contributed by atoms with Crippen molar-refractivity contribution in [3.8, 4) is 0 Å². The molecule has 0 aliphatic carbocycles. The summed E-state index contributed by atoms with van der Waals surface area (Å²) in [6.45, 7) is 0.734. The van der Waals surface area contributed by atoms with Crippen molar-refractivity contribution in [1.29, 1.82) is 0 Å². The molecule has 90 valence electrons. The maximum absolute atomic E-state index is 6.19. The van der Waals surface area contributed by atoms with E-state index in [0.29, 0.717) is 0 Å². The first-order chi connectivity index (χ1) is 8.75. The SMILES string of the molecule is Nc1cccc2ccn(Cc3ccccc3Cl)c12. The third-order valence-corrected chi connectivity index (χ3v) is 3.49. The number of hydrogen-bond acceptors (Lipinski definition) is 1. The summed E-state index contributed by atoms with van der Waals surface area (Å²) in [6.07, 6.45) is 2.05. The lowest BCUT2D eigenvalue weighted by molar-refractivity contribution is 0.838. The van der Waals surface area contributed by atoms with Crippen LogP contribution >= 0.6 is 11.6 Å². The van der Waals surface area contributed by atoms with Gasteiger partial charge < -0.3 is 10.3 Å². The van der Waals surface area contributed by atoms with E-state index < -0.39 is 0 Å². The van der Waals surface area contributed by atoms with E-state index in [1.54, 1.807) is 0 Å². The number of nitrogen functional groups attached to an aromatic ring is 1. The van der Waals surface area contributed by atoms with Gasteiger partial charge in [-0.2, -0.15) is 0 Å². The molecular weight excluding hydrogens is 244 g/mol. The van der Waals surface area contributed by atoms with E-state index in [4.69, 9.17) is 17.3 Å². The normalized spacial score (nSPS) is 10.9. The maximum atomic E-state index is 6.19. The lowest BCUT2D eigenvalue weighted by Crippen LogP contribution is -2.00. The molecule has 0 saturated carbocycles. The minimum Gasteiger partial charge on any atom is -0.397 e. The molecule has 0 amide bonds. The van der Waals surface area contributed by atoms with E-state index in [-0.39, 0.29) is 0 Å². The van der Waals surface area contributed by atoms with Gasteiger partial charge in [0.05, 0.1) is 11.2 Å². The van der Waals surface area contributed by atoms with Crippen molar-refractivity contribution >= 4 is 28.2 Å². The Hall–Kier alpha value is -1.93. The minimum atomic E-state index is 0.734. The first kappa shape index (κ1) is 11.2. The molecule has 2 N–H and O–H groups in total. The molecule has 2 aromatic carbocycles. The Morgan fingerprint density at radius 2 is 1.83 bits per heavy atom. The smallest absolute Gasteiger partial charge is 0.0716 e. The fraction of sp³-hybridized carbons (Fsp3) is 0.0667. The number of para-hydroxylation sites is 1. The van der Waals surface area contributed by atoms with Crippen LogP contribution in [0.25, 0.3) is 10.9 Å². The number of aromatic nitrogens is 1. The minimum absolute atomic E-state index is 0.734. The van der Waals surface area contributed by atoms with Crippen molar-refractivity contribution in [2.45, 2.75) is 6.54 Å². The van der Waals surface area contributed by atoms with Crippen LogP contribution in [-0.2, 0) is 6.54 Å². The molecule has 0 bridgehead atoms. The Morgan fingerprint density at radius 3 is 2.67 bits per heavy atom. The van der Waals surface area contributed by atoms with Crippen molar-refractivity contribution in [2.24, 2.45) is 0 Å². The summed E-state index contributed by atoms with van der Waals surface area (Å²) in [5, 5.41) is 1.94. The monoisotopic (exact) mass is 256 g/mol. The van der Waals surface area contributed by atoms with Crippen LogP contribution in [0.15, 0.2) is 54.7 Å². The van der Waals surface area contributed by atoms with Gasteiger partial charge in [0.1, 0.15) is 0 Å². The highest BCUT2D eigenvalue weighted by Gasteiger charge is 2.06. The van der Waals surface area contributed by atoms with E-state index >= 15 is 0 Å². The Labute approximate surface area is 111 Å². The second-order valence-corrected chi connectivity index (χ2v) is 4.73. The second kappa shape index (κ2) is 4.39. The predicted octanol–water partition coefficient (Wildman–Crippen LogP) is 3.93. The van der Waals surface area contributed by atoms with Crippen LogP contribution in [0.5, 0.6) is 0 Å². The maximum Gasteiger partial charge on any atom is 0.0716 e. The van der Waals surface area contributed by atoms with Gasteiger partial charge in [-0.1, -0.05) is 41.9 Å². The fourth-order valence-corrected chi connectivity index (χ4v) is 2.43. The van der Waals surface area contributed by atoms with E-state index in [1.165, 1.54) is 0 Å². The second-order valence-electron chi connectivity index (χ2n) is 4.32. The van der Waals surface area contributed by atoms with Gasteiger partial charge in [-0.25, -0.2) is 0 Å². The predicted molar refractivity (Wildman–Crippen MR) is 76.9 cm³/mol. The summed E-state index contributed by atoms with van der Waals surface area (Å²) >= 11 is 6.19. The van der Waals surface area contributed by atoms with Gasteiger partial charge in [-0.05, 0) is 23.8 Å². The number of rotatable bonds is 2. The molecule has 0 unspecified atom stereocenters. The van der Waals surface area contributed by atoms with Crippen LogP contribution in [0.1, 0.15) is 5.56 Å². The van der Waals surface area contributed by atoms with Crippen LogP contribution in [-0.4, -0.2) is 4.57 Å². The van der Waals surface area contributed by atoms with Crippen molar-refractivity contribution in [1.82, 2.24) is 4.57 Å². The molecule has 1 aromatic heterocycles. The molecule has 0 atom stereocenters. The summed E-state index contributed by atoms with van der Waals surface area (Å²) in [5.41, 5.74) is 9.00. The molecule has 0 aliphatic rings. The Bertz CT molecular complexity index is 701. The zero-order chi connectivity index (χ0) is 12.5. The van der Waals surface area contributed by atoms with Crippen LogP contribution in [0.4, 0.5) is 5.69 Å². The summed E-state index contributed by atoms with van der Waals surface area (Å²) < 4.78 is 2.13. The topological polar surface area (TPSA) is 30.9 Å². The van der Waals surface area contributed by atoms with E-state index in [1.807, 2.05) is 42.6 Å². The standard InChI is InChI=1S/C15H13ClN2/c16-13-6-2-1-4-12(13)10-18-9-8-11-5-3-7-14(17)15(11)18/h1-9H,10,17H2. The van der Waals surface area contributed by atoms with Gasteiger partial charge in [0, 0.05) is 23.2 Å². The van der Waals surface area contributed by atoms with Gasteiger partial charge in [-0.15, -0.1) is 0 Å². The Kier molecular flexibility index (Phi) is 2.73. The van der Waals surface area contributed by atoms with Gasteiger partial charge in [0.25, 0.3) is 0 Å². The summed E-state index contributed by atoms with van der Waals surface area (Å²) in [6, 6.07) is 15.9. The van der Waals surface area contributed by atoms with E-state index in [0.717, 1.165) is 33.7 Å². The number of benzene rings is 2. The van der Waals surface area contributed by atoms with Crippen LogP contribution in [0.2, 0.25) is 5.02 Å². The molecule has 0 spiro atoms. The average molecular weight is 257 g/mol. The van der Waals surface area contributed by atoms with E-state index in [9.17, 15) is 0 Å². The zero-order valence-corrected chi connectivity index (χ0v) is 10.6. The summed E-state index contributed by atoms with van der Waals surface area (Å²) in [7, 11) is 0. The molecule has 3 rings (SSSR count).